The van der Waals surface area contributed by atoms with Crippen LogP contribution in [-0.2, 0) is 6.61 Å². The molecule has 1 saturated carbocycles. The van der Waals surface area contributed by atoms with Crippen molar-refractivity contribution >= 4 is 17.1 Å². The largest absolute Gasteiger partial charge is 0.471 e. The molecule has 0 bridgehead atoms. The summed E-state index contributed by atoms with van der Waals surface area (Å²) in [6.07, 6.45) is 3.99. The van der Waals surface area contributed by atoms with E-state index in [1.807, 2.05) is 34.9 Å². The zero-order chi connectivity index (χ0) is 16.5. The highest BCUT2D eigenvalue weighted by Crippen LogP contribution is 2.33. The Kier molecular flexibility index (Phi) is 3.78. The Hall–Kier alpha value is -2.67. The highest BCUT2D eigenvalue weighted by Gasteiger charge is 2.29. The summed E-state index contributed by atoms with van der Waals surface area (Å²) < 4.78 is 7.71. The third-order valence-corrected chi connectivity index (χ3v) is 4.43. The summed E-state index contributed by atoms with van der Waals surface area (Å²) >= 11 is 0. The van der Waals surface area contributed by atoms with E-state index in [2.05, 4.69) is 15.0 Å². The zero-order valence-electron chi connectivity index (χ0n) is 13.2. The fourth-order valence-corrected chi connectivity index (χ4v) is 3.22. The molecular weight excluding hydrogens is 306 g/mol. The van der Waals surface area contributed by atoms with Gasteiger partial charge in [0.25, 0.3) is 0 Å². The maximum Gasteiger partial charge on any atom is 0.247 e. The molecule has 2 aromatic heterocycles. The van der Waals surface area contributed by atoms with Gasteiger partial charge in [-0.05, 0) is 24.8 Å². The molecule has 7 nitrogen and oxygen atoms in total. The third kappa shape index (κ3) is 2.67. The van der Waals surface area contributed by atoms with Gasteiger partial charge < -0.3 is 20.1 Å². The topological polar surface area (TPSA) is 99.1 Å². The van der Waals surface area contributed by atoms with Crippen molar-refractivity contribution in [3.63, 3.8) is 0 Å². The number of nitrogen functional groups attached to an aromatic ring is 1. The van der Waals surface area contributed by atoms with Crippen LogP contribution in [0.2, 0.25) is 0 Å². The molecule has 3 aromatic rings. The molecule has 0 radical (unpaired) electrons. The normalized spacial score (nSPS) is 20.5. The van der Waals surface area contributed by atoms with Crippen molar-refractivity contribution in [3.05, 3.63) is 42.2 Å². The lowest BCUT2D eigenvalue weighted by Crippen LogP contribution is -2.18. The average Bonchev–Trinajstić information content (AvgIpc) is 3.19. The van der Waals surface area contributed by atoms with Crippen LogP contribution in [0.5, 0.6) is 5.88 Å². The van der Waals surface area contributed by atoms with E-state index in [0.29, 0.717) is 23.7 Å². The molecule has 124 valence electrons. The standard InChI is InChI=1S/C17H19N5O2/c18-17-20-15-14(19-10-22(15)12-7-4-8-13(12)23)16(21-17)24-9-11-5-2-1-3-6-11/h1-3,5-6,10,12-13,23H,4,7-9H2,(H2,18,20,21)/t12-,13-/m1/s1. The fraction of sp³-hybridized carbons (Fsp3) is 0.353. The van der Waals surface area contributed by atoms with E-state index in [1.165, 1.54) is 0 Å². The number of rotatable bonds is 4. The van der Waals surface area contributed by atoms with Crippen molar-refractivity contribution in [2.45, 2.75) is 38.0 Å². The predicted molar refractivity (Wildman–Crippen MR) is 89.4 cm³/mol. The first-order valence-electron chi connectivity index (χ1n) is 8.07. The van der Waals surface area contributed by atoms with Gasteiger partial charge in [-0.2, -0.15) is 9.97 Å². The molecule has 0 amide bonds. The molecule has 2 atom stereocenters. The van der Waals surface area contributed by atoms with Crippen LogP contribution in [0.4, 0.5) is 5.95 Å². The molecule has 1 aromatic carbocycles. The van der Waals surface area contributed by atoms with Crippen molar-refractivity contribution in [2.75, 3.05) is 5.73 Å². The van der Waals surface area contributed by atoms with Gasteiger partial charge in [0.2, 0.25) is 11.8 Å². The lowest BCUT2D eigenvalue weighted by atomic mass is 10.2. The molecule has 4 rings (SSSR count). The maximum absolute atomic E-state index is 10.2. The molecule has 3 N–H and O–H groups in total. The molecule has 0 spiro atoms. The van der Waals surface area contributed by atoms with Gasteiger partial charge in [0, 0.05) is 0 Å². The molecule has 0 saturated heterocycles. The predicted octanol–water partition coefficient (Wildman–Crippen LogP) is 2.07. The molecule has 2 heterocycles. The Morgan fingerprint density at radius 1 is 1.21 bits per heavy atom. The number of nitrogens with two attached hydrogens (primary N) is 1. The van der Waals surface area contributed by atoms with Gasteiger partial charge in [-0.15, -0.1) is 0 Å². The molecule has 0 unspecified atom stereocenters. The number of benzene rings is 1. The van der Waals surface area contributed by atoms with Crippen molar-refractivity contribution in [2.24, 2.45) is 0 Å². The van der Waals surface area contributed by atoms with Crippen molar-refractivity contribution in [1.82, 2.24) is 19.5 Å². The van der Waals surface area contributed by atoms with E-state index < -0.39 is 0 Å². The van der Waals surface area contributed by atoms with Gasteiger partial charge in [-0.25, -0.2) is 4.98 Å². The molecular formula is C17H19N5O2. The number of imidazole rings is 1. The quantitative estimate of drug-likeness (QED) is 0.762. The second-order valence-corrected chi connectivity index (χ2v) is 6.05. The molecule has 1 aliphatic carbocycles. The lowest BCUT2D eigenvalue weighted by Gasteiger charge is -2.16. The Morgan fingerprint density at radius 3 is 2.79 bits per heavy atom. The van der Waals surface area contributed by atoms with Crippen molar-refractivity contribution in [3.8, 4) is 5.88 Å². The van der Waals surface area contributed by atoms with E-state index in [-0.39, 0.29) is 18.1 Å². The maximum atomic E-state index is 10.2. The Morgan fingerprint density at radius 2 is 2.04 bits per heavy atom. The minimum Gasteiger partial charge on any atom is -0.471 e. The first-order chi connectivity index (χ1) is 11.7. The van der Waals surface area contributed by atoms with E-state index in [0.717, 1.165) is 24.8 Å². The van der Waals surface area contributed by atoms with Crippen LogP contribution >= 0.6 is 0 Å². The number of aliphatic hydroxyl groups is 1. The van der Waals surface area contributed by atoms with Crippen LogP contribution < -0.4 is 10.5 Å². The summed E-state index contributed by atoms with van der Waals surface area (Å²) in [6.45, 7) is 0.380. The molecule has 1 fully saturated rings. The summed E-state index contributed by atoms with van der Waals surface area (Å²) in [4.78, 5) is 12.9. The first-order valence-corrected chi connectivity index (χ1v) is 8.07. The van der Waals surface area contributed by atoms with Gasteiger partial charge in [-0.1, -0.05) is 30.3 Å². The number of fused-ring (bicyclic) bond motifs is 1. The van der Waals surface area contributed by atoms with Gasteiger partial charge in [0.15, 0.2) is 11.2 Å². The summed E-state index contributed by atoms with van der Waals surface area (Å²) in [5.74, 6) is 0.507. The van der Waals surface area contributed by atoms with Crippen LogP contribution in [0.3, 0.4) is 0 Å². The second-order valence-electron chi connectivity index (χ2n) is 6.05. The van der Waals surface area contributed by atoms with E-state index in [1.54, 1.807) is 6.33 Å². The monoisotopic (exact) mass is 325 g/mol. The van der Waals surface area contributed by atoms with Crippen LogP contribution in [0.1, 0.15) is 30.9 Å². The summed E-state index contributed by atoms with van der Waals surface area (Å²) in [6, 6.07) is 9.81. The minimum atomic E-state index is -0.382. The number of aromatic nitrogens is 4. The number of aliphatic hydroxyl groups excluding tert-OH is 1. The molecule has 1 aliphatic rings. The fourth-order valence-electron chi connectivity index (χ4n) is 3.22. The minimum absolute atomic E-state index is 0.0220. The highest BCUT2D eigenvalue weighted by molar-refractivity contribution is 5.77. The SMILES string of the molecule is Nc1nc(OCc2ccccc2)c2ncn([C@@H]3CCC[C@H]3O)c2n1. The Bertz CT molecular complexity index is 849. The van der Waals surface area contributed by atoms with Gasteiger partial charge in [0.1, 0.15) is 6.61 Å². The van der Waals surface area contributed by atoms with Gasteiger partial charge >= 0.3 is 0 Å². The molecule has 24 heavy (non-hydrogen) atoms. The number of ether oxygens (including phenoxy) is 1. The van der Waals surface area contributed by atoms with Crippen LogP contribution in [0.25, 0.3) is 11.2 Å². The van der Waals surface area contributed by atoms with Crippen LogP contribution in [0, 0.1) is 0 Å². The van der Waals surface area contributed by atoms with Crippen LogP contribution in [0.15, 0.2) is 36.7 Å². The summed E-state index contributed by atoms with van der Waals surface area (Å²) in [7, 11) is 0. The van der Waals surface area contributed by atoms with Crippen LogP contribution in [-0.4, -0.2) is 30.7 Å². The van der Waals surface area contributed by atoms with Gasteiger partial charge in [-0.3, -0.25) is 0 Å². The Balaban J connectivity index is 1.67. The summed E-state index contributed by atoms with van der Waals surface area (Å²) in [5.41, 5.74) is 8.06. The number of nitrogens with zero attached hydrogens (tertiary/aromatic N) is 4. The highest BCUT2D eigenvalue weighted by atomic mass is 16.5. The van der Waals surface area contributed by atoms with Gasteiger partial charge in [0.05, 0.1) is 18.5 Å². The van der Waals surface area contributed by atoms with Crippen molar-refractivity contribution in [1.29, 1.82) is 0 Å². The second kappa shape index (κ2) is 6.09. The summed E-state index contributed by atoms with van der Waals surface area (Å²) in [5, 5.41) is 10.2. The average molecular weight is 325 g/mol. The van der Waals surface area contributed by atoms with E-state index >= 15 is 0 Å². The zero-order valence-corrected chi connectivity index (χ0v) is 13.2. The smallest absolute Gasteiger partial charge is 0.247 e. The molecule has 7 heteroatoms. The molecule has 0 aliphatic heterocycles. The van der Waals surface area contributed by atoms with E-state index in [9.17, 15) is 5.11 Å². The Labute approximate surface area is 139 Å². The first kappa shape index (κ1) is 14.9. The lowest BCUT2D eigenvalue weighted by molar-refractivity contribution is 0.138. The number of hydrogen-bond donors (Lipinski definition) is 2. The number of anilines is 1. The van der Waals surface area contributed by atoms with E-state index in [4.69, 9.17) is 10.5 Å². The van der Waals surface area contributed by atoms with Crippen molar-refractivity contribution < 1.29 is 9.84 Å². The third-order valence-electron chi connectivity index (χ3n) is 4.43. The number of hydrogen-bond acceptors (Lipinski definition) is 6.